The number of carbonyl (C=O) groups is 1. The minimum atomic E-state index is -0.417. The zero-order valence-corrected chi connectivity index (χ0v) is 15.8. The highest BCUT2D eigenvalue weighted by Gasteiger charge is 2.13. The number of hydrogen-bond donors (Lipinski definition) is 4. The van der Waals surface area contributed by atoms with Crippen molar-refractivity contribution in [2.75, 3.05) is 23.1 Å². The van der Waals surface area contributed by atoms with Crippen LogP contribution in [0.15, 0.2) is 54.9 Å². The second-order valence-electron chi connectivity index (χ2n) is 5.60. The fourth-order valence-electron chi connectivity index (χ4n) is 2.40. The van der Waals surface area contributed by atoms with Gasteiger partial charge in [-0.15, -0.1) is 0 Å². The molecule has 0 fully saturated rings. The Morgan fingerprint density at radius 3 is 2.61 bits per heavy atom. The van der Waals surface area contributed by atoms with Gasteiger partial charge in [-0.2, -0.15) is 0 Å². The average Bonchev–Trinajstić information content (AvgIpc) is 2.70. The fraction of sp³-hybridized carbons (Fsp3) is 0.105. The number of carbonyl (C=O) groups excluding carboxylic acids is 1. The van der Waals surface area contributed by atoms with Gasteiger partial charge in [0.05, 0.1) is 22.9 Å². The van der Waals surface area contributed by atoms with Gasteiger partial charge in [0.2, 0.25) is 0 Å². The number of aromatic nitrogens is 2. The Bertz CT molecular complexity index is 982. The van der Waals surface area contributed by atoms with Crippen LogP contribution in [-0.2, 0) is 0 Å². The minimum Gasteiger partial charge on any atom is -0.492 e. The quantitative estimate of drug-likeness (QED) is 0.449. The number of anilines is 4. The van der Waals surface area contributed by atoms with Gasteiger partial charge in [-0.1, -0.05) is 35.9 Å². The van der Waals surface area contributed by atoms with Crippen LogP contribution >= 0.6 is 11.6 Å². The first-order valence-electron chi connectivity index (χ1n) is 8.50. The Morgan fingerprint density at radius 1 is 1.11 bits per heavy atom. The molecule has 3 aromatic rings. The lowest BCUT2D eigenvalue weighted by atomic mass is 10.2. The van der Waals surface area contributed by atoms with E-state index in [0.29, 0.717) is 34.4 Å². The van der Waals surface area contributed by atoms with E-state index in [4.69, 9.17) is 22.1 Å². The maximum atomic E-state index is 12.3. The molecule has 3 rings (SSSR count). The van der Waals surface area contributed by atoms with E-state index < -0.39 is 5.91 Å². The molecule has 1 heterocycles. The third kappa shape index (κ3) is 4.41. The molecule has 0 aliphatic carbocycles. The first kappa shape index (κ1) is 19.2. The number of nitrogens with zero attached hydrogens (tertiary/aromatic N) is 2. The van der Waals surface area contributed by atoms with Gasteiger partial charge < -0.3 is 15.8 Å². The predicted octanol–water partition coefficient (Wildman–Crippen LogP) is 3.61. The number of benzene rings is 2. The summed E-state index contributed by atoms with van der Waals surface area (Å²) in [7, 11) is 0. The molecule has 5 N–H and O–H groups in total. The molecule has 0 atom stereocenters. The number of halogens is 1. The van der Waals surface area contributed by atoms with Crippen molar-refractivity contribution in [1.82, 2.24) is 15.4 Å². The van der Waals surface area contributed by atoms with Crippen molar-refractivity contribution >= 4 is 40.5 Å². The molecular formula is C19H19ClN6O2. The number of hydrazine groups is 1. The third-order valence-electron chi connectivity index (χ3n) is 3.74. The predicted molar refractivity (Wildman–Crippen MR) is 110 cm³/mol. The van der Waals surface area contributed by atoms with E-state index in [-0.39, 0.29) is 11.5 Å². The second kappa shape index (κ2) is 8.92. The van der Waals surface area contributed by atoms with Crippen LogP contribution in [0.3, 0.4) is 0 Å². The van der Waals surface area contributed by atoms with Crippen molar-refractivity contribution < 1.29 is 9.53 Å². The smallest absolute Gasteiger partial charge is 0.271 e. The lowest BCUT2D eigenvalue weighted by Crippen LogP contribution is -2.30. The van der Waals surface area contributed by atoms with Gasteiger partial charge >= 0.3 is 0 Å². The van der Waals surface area contributed by atoms with Gasteiger partial charge in [0.25, 0.3) is 5.91 Å². The lowest BCUT2D eigenvalue weighted by molar-refractivity contribution is 0.0962. The van der Waals surface area contributed by atoms with Crippen LogP contribution in [0.1, 0.15) is 17.3 Å². The summed E-state index contributed by atoms with van der Waals surface area (Å²) in [5.41, 5.74) is 12.6. The number of para-hydroxylation sites is 2. The zero-order valence-electron chi connectivity index (χ0n) is 15.1. The number of nitrogen functional groups attached to an aromatic ring is 1. The molecule has 144 valence electrons. The fourth-order valence-corrected chi connectivity index (χ4v) is 2.62. The summed E-state index contributed by atoms with van der Waals surface area (Å²) in [5.74, 6) is 0.868. The number of nitrogens with two attached hydrogens (primary N) is 1. The molecule has 0 spiro atoms. The van der Waals surface area contributed by atoms with Gasteiger partial charge in [-0.3, -0.25) is 15.6 Å². The summed E-state index contributed by atoms with van der Waals surface area (Å²) in [6.07, 6.45) is 1.33. The van der Waals surface area contributed by atoms with Crippen LogP contribution < -0.4 is 26.6 Å². The molecule has 0 bridgehead atoms. The minimum absolute atomic E-state index is 0.230. The highest BCUT2D eigenvalue weighted by Crippen LogP contribution is 2.30. The zero-order chi connectivity index (χ0) is 19.9. The molecule has 28 heavy (non-hydrogen) atoms. The molecule has 0 unspecified atom stereocenters. The van der Waals surface area contributed by atoms with Crippen LogP contribution in [0.5, 0.6) is 5.75 Å². The summed E-state index contributed by atoms with van der Waals surface area (Å²) >= 11 is 6.03. The molecule has 0 saturated carbocycles. The van der Waals surface area contributed by atoms with Crippen molar-refractivity contribution in [3.63, 3.8) is 0 Å². The molecule has 0 aliphatic rings. The lowest BCUT2D eigenvalue weighted by Gasteiger charge is -2.15. The highest BCUT2D eigenvalue weighted by atomic mass is 35.5. The maximum Gasteiger partial charge on any atom is 0.271 e. The topological polar surface area (TPSA) is 114 Å². The molecule has 1 amide bonds. The second-order valence-corrected chi connectivity index (χ2v) is 6.00. The molecule has 0 aliphatic heterocycles. The maximum absolute atomic E-state index is 12.3. The molecule has 9 heteroatoms. The normalized spacial score (nSPS) is 10.2. The van der Waals surface area contributed by atoms with Crippen LogP contribution in [0.25, 0.3) is 0 Å². The van der Waals surface area contributed by atoms with E-state index in [1.807, 2.05) is 31.2 Å². The molecule has 0 saturated heterocycles. The van der Waals surface area contributed by atoms with E-state index >= 15 is 0 Å². The van der Waals surface area contributed by atoms with Crippen LogP contribution in [0.2, 0.25) is 5.02 Å². The first-order valence-corrected chi connectivity index (χ1v) is 8.88. The van der Waals surface area contributed by atoms with Crippen LogP contribution in [-0.4, -0.2) is 22.5 Å². The largest absolute Gasteiger partial charge is 0.492 e. The van der Waals surface area contributed by atoms with Crippen molar-refractivity contribution in [2.45, 2.75) is 6.92 Å². The Balaban J connectivity index is 1.75. The van der Waals surface area contributed by atoms with Gasteiger partial charge in [-0.25, -0.2) is 9.97 Å². The molecule has 1 aromatic heterocycles. The SMILES string of the molecule is CCOc1ccccc1Nc1ncnc(NNC(=O)c2ccccc2Cl)c1N. The number of rotatable bonds is 7. The van der Waals surface area contributed by atoms with Gasteiger partial charge in [0.15, 0.2) is 11.6 Å². The number of nitrogens with one attached hydrogen (secondary N) is 3. The molecule has 8 nitrogen and oxygen atoms in total. The summed E-state index contributed by atoms with van der Waals surface area (Å²) in [4.78, 5) is 20.5. The number of ether oxygens (including phenoxy) is 1. The van der Waals surface area contributed by atoms with E-state index in [2.05, 4.69) is 26.1 Å². The summed E-state index contributed by atoms with van der Waals surface area (Å²) in [6, 6.07) is 14.1. The van der Waals surface area contributed by atoms with E-state index in [0.717, 1.165) is 0 Å². The number of amides is 1. The Hall–Kier alpha value is -3.52. The van der Waals surface area contributed by atoms with Crippen molar-refractivity contribution in [3.8, 4) is 5.75 Å². The van der Waals surface area contributed by atoms with Crippen molar-refractivity contribution in [2.24, 2.45) is 0 Å². The summed E-state index contributed by atoms with van der Waals surface area (Å²) in [5, 5.41) is 3.46. The van der Waals surface area contributed by atoms with Crippen molar-refractivity contribution in [1.29, 1.82) is 0 Å². The van der Waals surface area contributed by atoms with E-state index in [1.165, 1.54) is 6.33 Å². The summed E-state index contributed by atoms with van der Waals surface area (Å²) in [6.45, 7) is 2.43. The van der Waals surface area contributed by atoms with Crippen LogP contribution in [0.4, 0.5) is 23.0 Å². The molecular weight excluding hydrogens is 380 g/mol. The molecule has 2 aromatic carbocycles. The van der Waals surface area contributed by atoms with Gasteiger partial charge in [0, 0.05) is 0 Å². The standard InChI is InChI=1S/C19H19ClN6O2/c1-2-28-15-10-6-5-9-14(15)24-17-16(21)18(23-11-22-17)25-26-19(27)12-7-3-4-8-13(12)20/h3-11H,2,21H2,1H3,(H,26,27)(H2,22,23,24,25). The Labute approximate surface area is 167 Å². The highest BCUT2D eigenvalue weighted by molar-refractivity contribution is 6.33. The molecule has 0 radical (unpaired) electrons. The first-order chi connectivity index (χ1) is 13.6. The van der Waals surface area contributed by atoms with Gasteiger partial charge in [-0.05, 0) is 31.2 Å². The average molecular weight is 399 g/mol. The summed E-state index contributed by atoms with van der Waals surface area (Å²) < 4.78 is 5.59. The van der Waals surface area contributed by atoms with Crippen molar-refractivity contribution in [3.05, 3.63) is 65.4 Å². The third-order valence-corrected chi connectivity index (χ3v) is 4.07. The van der Waals surface area contributed by atoms with E-state index in [1.54, 1.807) is 24.3 Å². The van der Waals surface area contributed by atoms with Gasteiger partial charge in [0.1, 0.15) is 17.8 Å². The monoisotopic (exact) mass is 398 g/mol. The Kier molecular flexibility index (Phi) is 6.13. The van der Waals surface area contributed by atoms with Crippen LogP contribution in [0, 0.1) is 0 Å². The Morgan fingerprint density at radius 2 is 1.82 bits per heavy atom. The van der Waals surface area contributed by atoms with E-state index in [9.17, 15) is 4.79 Å². The number of hydrogen-bond acceptors (Lipinski definition) is 7.